The van der Waals surface area contributed by atoms with Crippen LogP contribution in [0.25, 0.3) is 11.0 Å². The van der Waals surface area contributed by atoms with E-state index in [1.165, 1.54) is 11.1 Å². The number of hydrogen-bond acceptors (Lipinski definition) is 2. The molecule has 0 aliphatic heterocycles. The van der Waals surface area contributed by atoms with Gasteiger partial charge in [0.2, 0.25) is 0 Å². The highest BCUT2D eigenvalue weighted by atomic mass is 16.1. The molecule has 21 heavy (non-hydrogen) atoms. The maximum absolute atomic E-state index is 11.2. The number of aromatic nitrogens is 2. The molecule has 0 bridgehead atoms. The van der Waals surface area contributed by atoms with E-state index in [0.717, 1.165) is 17.3 Å². The summed E-state index contributed by atoms with van der Waals surface area (Å²) < 4.78 is 1.96. The second-order valence-electron chi connectivity index (χ2n) is 5.56. The van der Waals surface area contributed by atoms with Crippen LogP contribution in [-0.2, 0) is 6.54 Å². The largest absolute Gasteiger partial charge is 0.317 e. The van der Waals surface area contributed by atoms with Gasteiger partial charge >= 0.3 is 0 Å². The van der Waals surface area contributed by atoms with Crippen LogP contribution in [0.1, 0.15) is 41.5 Å². The monoisotopic (exact) mass is 278 g/mol. The number of hydrogen-bond donors (Lipinski definition) is 0. The van der Waals surface area contributed by atoms with Crippen LogP contribution in [0.3, 0.4) is 0 Å². The molecular weight excluding hydrogens is 260 g/mol. The van der Waals surface area contributed by atoms with Gasteiger partial charge in [-0.15, -0.1) is 0 Å². The lowest BCUT2D eigenvalue weighted by Crippen LogP contribution is -2.04. The van der Waals surface area contributed by atoms with Crippen molar-refractivity contribution < 1.29 is 4.79 Å². The van der Waals surface area contributed by atoms with Gasteiger partial charge in [0.1, 0.15) is 0 Å². The first-order chi connectivity index (χ1) is 10.2. The van der Waals surface area contributed by atoms with Crippen LogP contribution >= 0.6 is 0 Å². The van der Waals surface area contributed by atoms with Gasteiger partial charge in [-0.1, -0.05) is 50.2 Å². The SMILES string of the molecule is CC(C)c1ccc(Cn2c(C=O)nc3ccccc32)cc1. The summed E-state index contributed by atoms with van der Waals surface area (Å²) in [5.74, 6) is 1.00. The van der Waals surface area contributed by atoms with Gasteiger partial charge in [0, 0.05) is 6.54 Å². The minimum atomic E-state index is 0.476. The first-order valence-electron chi connectivity index (χ1n) is 7.18. The van der Waals surface area contributed by atoms with E-state index in [-0.39, 0.29) is 0 Å². The number of fused-ring (bicyclic) bond motifs is 1. The Morgan fingerprint density at radius 2 is 1.81 bits per heavy atom. The van der Waals surface area contributed by atoms with Crippen molar-refractivity contribution in [2.75, 3.05) is 0 Å². The van der Waals surface area contributed by atoms with E-state index in [1.807, 2.05) is 28.8 Å². The van der Waals surface area contributed by atoms with E-state index in [0.29, 0.717) is 18.3 Å². The third-order valence-corrected chi connectivity index (χ3v) is 3.78. The fraction of sp³-hybridized carbons (Fsp3) is 0.222. The Labute approximate surface area is 124 Å². The van der Waals surface area contributed by atoms with Gasteiger partial charge in [-0.2, -0.15) is 0 Å². The maximum atomic E-state index is 11.2. The molecule has 3 heteroatoms. The van der Waals surface area contributed by atoms with Crippen molar-refractivity contribution in [3.63, 3.8) is 0 Å². The van der Waals surface area contributed by atoms with Gasteiger partial charge in [0.15, 0.2) is 12.1 Å². The van der Waals surface area contributed by atoms with E-state index < -0.39 is 0 Å². The molecule has 3 nitrogen and oxygen atoms in total. The Balaban J connectivity index is 1.99. The molecular formula is C18H18N2O. The molecule has 0 radical (unpaired) electrons. The van der Waals surface area contributed by atoms with Crippen LogP contribution in [0, 0.1) is 0 Å². The highest BCUT2D eigenvalue weighted by Crippen LogP contribution is 2.19. The zero-order valence-electron chi connectivity index (χ0n) is 12.3. The van der Waals surface area contributed by atoms with Crippen LogP contribution < -0.4 is 0 Å². The number of aldehydes is 1. The molecule has 3 aromatic rings. The second-order valence-corrected chi connectivity index (χ2v) is 5.56. The number of rotatable bonds is 4. The molecule has 0 unspecified atom stereocenters. The highest BCUT2D eigenvalue weighted by molar-refractivity contribution is 5.83. The number of imidazole rings is 1. The van der Waals surface area contributed by atoms with Crippen LogP contribution in [0.2, 0.25) is 0 Å². The van der Waals surface area contributed by atoms with E-state index in [4.69, 9.17) is 0 Å². The zero-order chi connectivity index (χ0) is 14.8. The summed E-state index contributed by atoms with van der Waals surface area (Å²) >= 11 is 0. The number of carbonyl (C=O) groups excluding carboxylic acids is 1. The van der Waals surface area contributed by atoms with Gasteiger partial charge in [0.25, 0.3) is 0 Å². The van der Waals surface area contributed by atoms with Crippen molar-refractivity contribution in [1.82, 2.24) is 9.55 Å². The molecule has 0 amide bonds. The van der Waals surface area contributed by atoms with Crippen molar-refractivity contribution >= 4 is 17.3 Å². The molecule has 0 N–H and O–H groups in total. The maximum Gasteiger partial charge on any atom is 0.185 e. The molecule has 1 aromatic heterocycles. The molecule has 0 saturated heterocycles. The minimum Gasteiger partial charge on any atom is -0.317 e. The summed E-state index contributed by atoms with van der Waals surface area (Å²) in [6.45, 7) is 5.03. The molecule has 0 atom stereocenters. The van der Waals surface area contributed by atoms with Crippen LogP contribution in [0.4, 0.5) is 0 Å². The topological polar surface area (TPSA) is 34.9 Å². The van der Waals surface area contributed by atoms with E-state index in [2.05, 4.69) is 43.1 Å². The molecule has 0 spiro atoms. The van der Waals surface area contributed by atoms with Crippen LogP contribution in [0.5, 0.6) is 0 Å². The average molecular weight is 278 g/mol. The third-order valence-electron chi connectivity index (χ3n) is 3.78. The highest BCUT2D eigenvalue weighted by Gasteiger charge is 2.10. The van der Waals surface area contributed by atoms with Gasteiger partial charge in [0.05, 0.1) is 11.0 Å². The second kappa shape index (κ2) is 5.52. The molecule has 3 rings (SSSR count). The van der Waals surface area contributed by atoms with Gasteiger partial charge < -0.3 is 4.57 Å². The average Bonchev–Trinajstić information content (AvgIpc) is 2.86. The summed E-state index contributed by atoms with van der Waals surface area (Å²) in [5.41, 5.74) is 4.35. The quantitative estimate of drug-likeness (QED) is 0.676. The lowest BCUT2D eigenvalue weighted by atomic mass is 10.0. The first-order valence-corrected chi connectivity index (χ1v) is 7.18. The predicted octanol–water partition coefficient (Wildman–Crippen LogP) is 4.02. The summed E-state index contributed by atoms with van der Waals surface area (Å²) in [6.07, 6.45) is 0.822. The number of para-hydroxylation sites is 2. The Morgan fingerprint density at radius 1 is 1.10 bits per heavy atom. The molecule has 2 aromatic carbocycles. The molecule has 0 aliphatic carbocycles. The summed E-state index contributed by atoms with van der Waals surface area (Å²) in [4.78, 5) is 15.6. The van der Waals surface area contributed by atoms with Gasteiger partial charge in [-0.05, 0) is 29.2 Å². The van der Waals surface area contributed by atoms with E-state index in [1.54, 1.807) is 0 Å². The number of nitrogens with zero attached hydrogens (tertiary/aromatic N) is 2. The summed E-state index contributed by atoms with van der Waals surface area (Å²) in [6, 6.07) is 16.4. The smallest absolute Gasteiger partial charge is 0.185 e. The Hall–Kier alpha value is -2.42. The van der Waals surface area contributed by atoms with Crippen molar-refractivity contribution in [2.45, 2.75) is 26.3 Å². The normalized spacial score (nSPS) is 11.2. The Kier molecular flexibility index (Phi) is 3.57. The van der Waals surface area contributed by atoms with Gasteiger partial charge in [-0.3, -0.25) is 4.79 Å². The molecule has 0 aliphatic rings. The minimum absolute atomic E-state index is 0.476. The fourth-order valence-electron chi connectivity index (χ4n) is 2.54. The van der Waals surface area contributed by atoms with E-state index in [9.17, 15) is 4.79 Å². The van der Waals surface area contributed by atoms with Crippen LogP contribution in [-0.4, -0.2) is 15.8 Å². The Morgan fingerprint density at radius 3 is 2.48 bits per heavy atom. The lowest BCUT2D eigenvalue weighted by molar-refractivity contribution is 0.111. The molecule has 0 saturated carbocycles. The fourth-order valence-corrected chi connectivity index (χ4v) is 2.54. The summed E-state index contributed by atoms with van der Waals surface area (Å²) in [5, 5.41) is 0. The predicted molar refractivity (Wildman–Crippen MR) is 84.8 cm³/mol. The van der Waals surface area contributed by atoms with Crippen molar-refractivity contribution in [2.24, 2.45) is 0 Å². The van der Waals surface area contributed by atoms with Crippen molar-refractivity contribution in [3.8, 4) is 0 Å². The standard InChI is InChI=1S/C18H18N2O/c1-13(2)15-9-7-14(8-10-15)11-20-17-6-4-3-5-16(17)19-18(20)12-21/h3-10,12-13H,11H2,1-2H3. The lowest BCUT2D eigenvalue weighted by Gasteiger charge is -2.09. The van der Waals surface area contributed by atoms with Crippen LogP contribution in [0.15, 0.2) is 48.5 Å². The Bertz CT molecular complexity index is 770. The van der Waals surface area contributed by atoms with Crippen molar-refractivity contribution in [3.05, 3.63) is 65.5 Å². The first kappa shape index (κ1) is 13.6. The van der Waals surface area contributed by atoms with Crippen molar-refractivity contribution in [1.29, 1.82) is 0 Å². The third kappa shape index (κ3) is 2.59. The molecule has 106 valence electrons. The zero-order valence-corrected chi connectivity index (χ0v) is 12.3. The molecule has 1 heterocycles. The summed E-state index contributed by atoms with van der Waals surface area (Å²) in [7, 11) is 0. The molecule has 0 fully saturated rings. The number of carbonyl (C=O) groups is 1. The van der Waals surface area contributed by atoms with E-state index >= 15 is 0 Å². The number of benzene rings is 2. The van der Waals surface area contributed by atoms with Gasteiger partial charge in [-0.25, -0.2) is 4.98 Å².